The first-order chi connectivity index (χ1) is 11.6. The number of benzene rings is 1. The largest absolute Gasteiger partial charge is 0.393 e. The summed E-state index contributed by atoms with van der Waals surface area (Å²) < 4.78 is 7.50. The minimum Gasteiger partial charge on any atom is -0.393 e. The predicted molar refractivity (Wildman–Crippen MR) is 90.6 cm³/mol. The highest BCUT2D eigenvalue weighted by Crippen LogP contribution is 2.33. The Bertz CT molecular complexity index is 844. The average Bonchev–Trinajstić information content (AvgIpc) is 3.22. The van der Waals surface area contributed by atoms with Gasteiger partial charge in [-0.3, -0.25) is 4.68 Å². The van der Waals surface area contributed by atoms with Crippen molar-refractivity contribution in [1.29, 1.82) is 0 Å². The van der Waals surface area contributed by atoms with Crippen molar-refractivity contribution in [3.63, 3.8) is 0 Å². The van der Waals surface area contributed by atoms with Gasteiger partial charge >= 0.3 is 0 Å². The molecule has 0 amide bonds. The summed E-state index contributed by atoms with van der Waals surface area (Å²) in [6.07, 6.45) is 5.13. The van der Waals surface area contributed by atoms with Crippen molar-refractivity contribution in [3.8, 4) is 11.4 Å². The predicted octanol–water partition coefficient (Wildman–Crippen LogP) is 3.69. The SMILES string of the molecule is CC(C)n1ncc2ccc(-c3noc([C@H]4CC[C@H](O)CC4)n3)cc21. The first kappa shape index (κ1) is 15.3. The fourth-order valence-electron chi connectivity index (χ4n) is 3.43. The van der Waals surface area contributed by atoms with E-state index in [0.29, 0.717) is 17.8 Å². The van der Waals surface area contributed by atoms with Crippen LogP contribution in [0, 0.1) is 0 Å². The molecule has 0 atom stereocenters. The van der Waals surface area contributed by atoms with Gasteiger partial charge in [-0.1, -0.05) is 17.3 Å². The van der Waals surface area contributed by atoms with Gasteiger partial charge in [-0.15, -0.1) is 0 Å². The molecular formula is C18H22N4O2. The van der Waals surface area contributed by atoms with Crippen LogP contribution in [0.5, 0.6) is 0 Å². The minimum atomic E-state index is -0.178. The van der Waals surface area contributed by atoms with Gasteiger partial charge in [0.05, 0.1) is 17.8 Å². The lowest BCUT2D eigenvalue weighted by Crippen LogP contribution is -2.17. The van der Waals surface area contributed by atoms with Crippen LogP contribution in [0.25, 0.3) is 22.3 Å². The fourth-order valence-corrected chi connectivity index (χ4v) is 3.43. The molecule has 2 aromatic heterocycles. The molecule has 126 valence electrons. The first-order valence-corrected chi connectivity index (χ1v) is 8.61. The van der Waals surface area contributed by atoms with Gasteiger partial charge in [-0.25, -0.2) is 0 Å². The average molecular weight is 326 g/mol. The van der Waals surface area contributed by atoms with Gasteiger partial charge in [0.1, 0.15) is 0 Å². The lowest BCUT2D eigenvalue weighted by molar-refractivity contribution is 0.116. The summed E-state index contributed by atoms with van der Waals surface area (Å²) in [6.45, 7) is 4.23. The van der Waals surface area contributed by atoms with E-state index in [1.165, 1.54) is 0 Å². The Balaban J connectivity index is 1.64. The Hall–Kier alpha value is -2.21. The second-order valence-corrected chi connectivity index (χ2v) is 6.92. The smallest absolute Gasteiger partial charge is 0.230 e. The summed E-state index contributed by atoms with van der Waals surface area (Å²) in [5.41, 5.74) is 2.02. The van der Waals surface area contributed by atoms with Crippen LogP contribution in [0.3, 0.4) is 0 Å². The van der Waals surface area contributed by atoms with Crippen LogP contribution in [0.1, 0.15) is 57.4 Å². The summed E-state index contributed by atoms with van der Waals surface area (Å²) in [5.74, 6) is 1.57. The van der Waals surface area contributed by atoms with Crippen LogP contribution in [-0.2, 0) is 0 Å². The highest BCUT2D eigenvalue weighted by molar-refractivity contribution is 5.83. The minimum absolute atomic E-state index is 0.178. The van der Waals surface area contributed by atoms with Crippen molar-refractivity contribution < 1.29 is 9.63 Å². The molecule has 0 unspecified atom stereocenters. The number of hydrogen-bond donors (Lipinski definition) is 1. The Morgan fingerprint density at radius 1 is 1.21 bits per heavy atom. The number of hydrogen-bond acceptors (Lipinski definition) is 5. The second-order valence-electron chi connectivity index (χ2n) is 6.92. The van der Waals surface area contributed by atoms with Gasteiger partial charge in [0.2, 0.25) is 11.7 Å². The molecule has 6 heteroatoms. The molecule has 1 N–H and O–H groups in total. The third kappa shape index (κ3) is 2.71. The lowest BCUT2D eigenvalue weighted by Gasteiger charge is -2.22. The molecule has 0 bridgehead atoms. The van der Waals surface area contributed by atoms with Crippen molar-refractivity contribution in [2.45, 2.75) is 57.6 Å². The highest BCUT2D eigenvalue weighted by Gasteiger charge is 2.25. The van der Waals surface area contributed by atoms with Gasteiger partial charge < -0.3 is 9.63 Å². The Kier molecular flexibility index (Phi) is 3.84. The van der Waals surface area contributed by atoms with E-state index >= 15 is 0 Å². The van der Waals surface area contributed by atoms with Gasteiger partial charge in [0.15, 0.2) is 0 Å². The van der Waals surface area contributed by atoms with Crippen LogP contribution < -0.4 is 0 Å². The molecule has 6 nitrogen and oxygen atoms in total. The quantitative estimate of drug-likeness (QED) is 0.794. The number of aliphatic hydroxyl groups is 1. The number of fused-ring (bicyclic) bond motifs is 1. The summed E-state index contributed by atoms with van der Waals surface area (Å²) in [6, 6.07) is 6.42. The molecule has 1 aliphatic carbocycles. The van der Waals surface area contributed by atoms with Crippen molar-refractivity contribution in [3.05, 3.63) is 30.3 Å². The molecule has 1 aliphatic rings. The summed E-state index contributed by atoms with van der Waals surface area (Å²) in [7, 11) is 0. The van der Waals surface area contributed by atoms with E-state index in [2.05, 4.69) is 35.2 Å². The molecule has 0 radical (unpaired) electrons. The first-order valence-electron chi connectivity index (χ1n) is 8.61. The standard InChI is InChI=1S/C18H22N4O2/c1-11(2)22-16-9-13(3-4-14(16)10-19-22)17-20-18(24-21-17)12-5-7-15(23)8-6-12/h3-4,9-12,15,23H,5-8H2,1-2H3/t12-,15-. The summed E-state index contributed by atoms with van der Waals surface area (Å²) >= 11 is 0. The number of aliphatic hydroxyl groups excluding tert-OH is 1. The molecule has 4 rings (SSSR count). The maximum Gasteiger partial charge on any atom is 0.230 e. The molecule has 2 heterocycles. The molecule has 0 saturated heterocycles. The zero-order valence-corrected chi connectivity index (χ0v) is 14.0. The monoisotopic (exact) mass is 326 g/mol. The lowest BCUT2D eigenvalue weighted by atomic mass is 9.87. The zero-order chi connectivity index (χ0) is 16.7. The number of rotatable bonds is 3. The third-order valence-electron chi connectivity index (χ3n) is 4.83. The highest BCUT2D eigenvalue weighted by atomic mass is 16.5. The second kappa shape index (κ2) is 6.02. The van der Waals surface area contributed by atoms with Gasteiger partial charge in [-0.05, 0) is 45.6 Å². The van der Waals surface area contributed by atoms with Crippen molar-refractivity contribution in [2.75, 3.05) is 0 Å². The van der Waals surface area contributed by atoms with Gasteiger partial charge in [0, 0.05) is 22.9 Å². The van der Waals surface area contributed by atoms with Crippen molar-refractivity contribution in [1.82, 2.24) is 19.9 Å². The number of nitrogens with zero attached hydrogens (tertiary/aromatic N) is 4. The van der Waals surface area contributed by atoms with Crippen molar-refractivity contribution >= 4 is 10.9 Å². The molecule has 3 aromatic rings. The summed E-state index contributed by atoms with van der Waals surface area (Å²) in [4.78, 5) is 4.61. The topological polar surface area (TPSA) is 77.0 Å². The van der Waals surface area contributed by atoms with Gasteiger partial charge in [-0.2, -0.15) is 10.1 Å². The van der Waals surface area contributed by atoms with E-state index in [4.69, 9.17) is 4.52 Å². The van der Waals surface area contributed by atoms with Crippen LogP contribution in [-0.4, -0.2) is 31.1 Å². The maximum absolute atomic E-state index is 9.63. The summed E-state index contributed by atoms with van der Waals surface area (Å²) in [5, 5.41) is 19.4. The molecule has 0 aliphatic heterocycles. The van der Waals surface area contributed by atoms with Gasteiger partial charge in [0.25, 0.3) is 0 Å². The van der Waals surface area contributed by atoms with E-state index in [1.54, 1.807) is 0 Å². The molecule has 24 heavy (non-hydrogen) atoms. The molecule has 1 saturated carbocycles. The van der Waals surface area contributed by atoms with E-state index < -0.39 is 0 Å². The molecular weight excluding hydrogens is 304 g/mol. The van der Waals surface area contributed by atoms with Crippen LogP contribution in [0.2, 0.25) is 0 Å². The normalized spacial score (nSPS) is 21.7. The van der Waals surface area contributed by atoms with E-state index in [-0.39, 0.29) is 12.0 Å². The zero-order valence-electron chi connectivity index (χ0n) is 14.0. The Morgan fingerprint density at radius 3 is 2.75 bits per heavy atom. The maximum atomic E-state index is 9.63. The van der Waals surface area contributed by atoms with E-state index in [1.807, 2.05) is 23.0 Å². The number of aromatic nitrogens is 4. The van der Waals surface area contributed by atoms with Crippen molar-refractivity contribution in [2.24, 2.45) is 0 Å². The fraction of sp³-hybridized carbons (Fsp3) is 0.500. The van der Waals surface area contributed by atoms with E-state index in [9.17, 15) is 5.11 Å². The molecule has 0 spiro atoms. The Morgan fingerprint density at radius 2 is 2.00 bits per heavy atom. The van der Waals surface area contributed by atoms with Crippen LogP contribution >= 0.6 is 0 Å². The van der Waals surface area contributed by atoms with Crippen LogP contribution in [0.4, 0.5) is 0 Å². The molecule has 1 aromatic carbocycles. The molecule has 1 fully saturated rings. The van der Waals surface area contributed by atoms with E-state index in [0.717, 1.165) is 42.1 Å². The Labute approximate surface area is 140 Å². The van der Waals surface area contributed by atoms with Crippen LogP contribution in [0.15, 0.2) is 28.9 Å². The third-order valence-corrected chi connectivity index (χ3v) is 4.83.